The molecule has 0 spiro atoms. The first-order chi connectivity index (χ1) is 13.1. The molecule has 138 valence electrons. The van der Waals surface area contributed by atoms with Gasteiger partial charge >= 0.3 is 0 Å². The number of nitrogens with zero attached hydrogens (tertiary/aromatic N) is 3. The van der Waals surface area contributed by atoms with Crippen LogP contribution in [-0.2, 0) is 4.79 Å². The highest BCUT2D eigenvalue weighted by Crippen LogP contribution is 2.22. The summed E-state index contributed by atoms with van der Waals surface area (Å²) in [5.41, 5.74) is 1.70. The fraction of sp³-hybridized carbons (Fsp3) is 0.111. The van der Waals surface area contributed by atoms with E-state index in [4.69, 9.17) is 11.6 Å². The molecule has 9 heteroatoms. The van der Waals surface area contributed by atoms with Crippen LogP contribution in [0.3, 0.4) is 0 Å². The molecule has 2 heterocycles. The molecule has 0 saturated carbocycles. The van der Waals surface area contributed by atoms with Crippen molar-refractivity contribution in [3.05, 3.63) is 75.7 Å². The monoisotopic (exact) mass is 385 g/mol. The van der Waals surface area contributed by atoms with Gasteiger partial charge in [-0.25, -0.2) is 4.98 Å². The molecule has 0 aliphatic rings. The van der Waals surface area contributed by atoms with Crippen LogP contribution in [0.2, 0.25) is 5.15 Å². The first-order valence-corrected chi connectivity index (χ1v) is 8.50. The highest BCUT2D eigenvalue weighted by atomic mass is 35.5. The normalized spacial score (nSPS) is 11.0. The van der Waals surface area contributed by atoms with Crippen molar-refractivity contribution in [3.63, 3.8) is 0 Å². The summed E-state index contributed by atoms with van der Waals surface area (Å²) in [6.45, 7) is 0.650. The van der Waals surface area contributed by atoms with Gasteiger partial charge in [-0.2, -0.15) is 0 Å². The second-order valence-corrected chi connectivity index (χ2v) is 5.90. The Morgan fingerprint density at radius 1 is 1.22 bits per heavy atom. The van der Waals surface area contributed by atoms with Crippen LogP contribution in [0.25, 0.3) is 11.7 Å². The average molecular weight is 386 g/mol. The van der Waals surface area contributed by atoms with Gasteiger partial charge in [0.15, 0.2) is 5.15 Å². The third-order valence-corrected chi connectivity index (χ3v) is 4.03. The number of nitro groups is 1. The number of hydrogen-bond acceptors (Lipinski definition) is 5. The first-order valence-electron chi connectivity index (χ1n) is 8.12. The summed E-state index contributed by atoms with van der Waals surface area (Å²) in [6, 6.07) is 11.9. The minimum atomic E-state index is -0.455. The molecule has 0 bridgehead atoms. The molecule has 0 unspecified atom stereocenters. The second-order valence-electron chi connectivity index (χ2n) is 5.54. The number of para-hydroxylation sites is 2. The molecule has 27 heavy (non-hydrogen) atoms. The average Bonchev–Trinajstić information content (AvgIpc) is 2.99. The summed E-state index contributed by atoms with van der Waals surface area (Å²) in [4.78, 5) is 26.7. The number of carbonyl (C=O) groups excluding carboxylic acids is 1. The molecule has 1 aromatic carbocycles. The number of nitro benzene ring substituents is 1. The Bertz CT molecular complexity index is 1020. The highest BCUT2D eigenvalue weighted by molar-refractivity contribution is 6.31. The number of pyridine rings is 1. The standard InChI is InChI=1S/C18H16ClN5O3/c19-18-15(23-12-4-3-7-16(23)22-18)8-9-17(25)21-11-10-20-13-5-1-2-6-14(13)24(26)27/h1-9,12,20H,10-11H2,(H,21,25)/b9-8+. The molecule has 0 radical (unpaired) electrons. The Morgan fingerprint density at radius 3 is 2.81 bits per heavy atom. The minimum absolute atomic E-state index is 0.00836. The van der Waals surface area contributed by atoms with Crippen LogP contribution in [0.4, 0.5) is 11.4 Å². The zero-order chi connectivity index (χ0) is 19.2. The van der Waals surface area contributed by atoms with Crippen molar-refractivity contribution in [3.8, 4) is 0 Å². The maximum atomic E-state index is 12.0. The predicted molar refractivity (Wildman–Crippen MR) is 104 cm³/mol. The Balaban J connectivity index is 1.54. The van der Waals surface area contributed by atoms with Crippen molar-refractivity contribution in [1.29, 1.82) is 0 Å². The molecule has 3 aromatic rings. The van der Waals surface area contributed by atoms with Gasteiger partial charge in [-0.05, 0) is 24.3 Å². The number of imidazole rings is 1. The van der Waals surface area contributed by atoms with Crippen LogP contribution in [0.15, 0.2) is 54.7 Å². The summed E-state index contributed by atoms with van der Waals surface area (Å²) < 4.78 is 1.78. The van der Waals surface area contributed by atoms with Crippen molar-refractivity contribution in [2.75, 3.05) is 18.4 Å². The lowest BCUT2D eigenvalue weighted by molar-refractivity contribution is -0.384. The summed E-state index contributed by atoms with van der Waals surface area (Å²) in [5, 5.41) is 16.9. The van der Waals surface area contributed by atoms with Gasteiger partial charge in [-0.15, -0.1) is 0 Å². The number of hydrogen-bond donors (Lipinski definition) is 2. The molecule has 1 amide bonds. The van der Waals surface area contributed by atoms with E-state index in [-0.39, 0.29) is 11.6 Å². The van der Waals surface area contributed by atoms with Crippen LogP contribution >= 0.6 is 11.6 Å². The van der Waals surface area contributed by atoms with E-state index in [0.29, 0.717) is 35.3 Å². The van der Waals surface area contributed by atoms with E-state index in [2.05, 4.69) is 15.6 Å². The number of amides is 1. The van der Waals surface area contributed by atoms with Gasteiger partial charge in [0, 0.05) is 31.4 Å². The molecule has 0 aliphatic carbocycles. The van der Waals surface area contributed by atoms with Crippen LogP contribution in [0, 0.1) is 10.1 Å². The van der Waals surface area contributed by atoms with Crippen LogP contribution in [-0.4, -0.2) is 33.3 Å². The minimum Gasteiger partial charge on any atom is -0.378 e. The van der Waals surface area contributed by atoms with Crippen molar-refractivity contribution in [2.24, 2.45) is 0 Å². The smallest absolute Gasteiger partial charge is 0.292 e. The van der Waals surface area contributed by atoms with E-state index in [1.165, 1.54) is 12.1 Å². The molecule has 0 aliphatic heterocycles. The van der Waals surface area contributed by atoms with Gasteiger partial charge in [0.1, 0.15) is 11.3 Å². The van der Waals surface area contributed by atoms with E-state index in [1.54, 1.807) is 28.7 Å². The summed E-state index contributed by atoms with van der Waals surface area (Å²) in [7, 11) is 0. The van der Waals surface area contributed by atoms with Gasteiger partial charge in [0.2, 0.25) is 5.91 Å². The zero-order valence-electron chi connectivity index (χ0n) is 14.1. The number of nitrogens with one attached hydrogen (secondary N) is 2. The Kier molecular flexibility index (Phi) is 5.68. The quantitative estimate of drug-likeness (QED) is 0.281. The number of rotatable bonds is 7. The van der Waals surface area contributed by atoms with Crippen LogP contribution in [0.5, 0.6) is 0 Å². The molecule has 2 aromatic heterocycles. The fourth-order valence-electron chi connectivity index (χ4n) is 2.51. The summed E-state index contributed by atoms with van der Waals surface area (Å²) in [6.07, 6.45) is 4.77. The SMILES string of the molecule is O=C(/C=C/c1c(Cl)nc2ccccn12)NCCNc1ccccc1[N+](=O)[O-]. The third-order valence-electron chi connectivity index (χ3n) is 3.75. The fourth-order valence-corrected chi connectivity index (χ4v) is 2.75. The lowest BCUT2D eigenvalue weighted by atomic mass is 10.2. The van der Waals surface area contributed by atoms with Crippen molar-refractivity contribution in [2.45, 2.75) is 0 Å². The lowest BCUT2D eigenvalue weighted by Crippen LogP contribution is -2.27. The lowest BCUT2D eigenvalue weighted by Gasteiger charge is -2.07. The van der Waals surface area contributed by atoms with E-state index < -0.39 is 4.92 Å². The Labute approximate surface area is 159 Å². The van der Waals surface area contributed by atoms with Crippen molar-refractivity contribution in [1.82, 2.24) is 14.7 Å². The van der Waals surface area contributed by atoms with E-state index in [1.807, 2.05) is 24.4 Å². The van der Waals surface area contributed by atoms with Crippen LogP contribution < -0.4 is 10.6 Å². The van der Waals surface area contributed by atoms with Gasteiger partial charge in [-0.1, -0.05) is 29.8 Å². The molecular weight excluding hydrogens is 370 g/mol. The Hall–Kier alpha value is -3.39. The van der Waals surface area contributed by atoms with Gasteiger partial charge in [0.25, 0.3) is 5.69 Å². The van der Waals surface area contributed by atoms with E-state index in [0.717, 1.165) is 0 Å². The summed E-state index contributed by atoms with van der Waals surface area (Å²) in [5.74, 6) is -0.304. The molecule has 0 fully saturated rings. The largest absolute Gasteiger partial charge is 0.378 e. The van der Waals surface area contributed by atoms with Gasteiger partial charge in [-0.3, -0.25) is 19.3 Å². The molecule has 0 saturated heterocycles. The second kappa shape index (κ2) is 8.33. The van der Waals surface area contributed by atoms with E-state index >= 15 is 0 Å². The number of benzene rings is 1. The highest BCUT2D eigenvalue weighted by Gasteiger charge is 2.11. The van der Waals surface area contributed by atoms with Gasteiger partial charge in [0.05, 0.1) is 10.6 Å². The molecule has 0 atom stereocenters. The third kappa shape index (κ3) is 4.42. The number of aromatic nitrogens is 2. The van der Waals surface area contributed by atoms with E-state index in [9.17, 15) is 14.9 Å². The molecule has 8 nitrogen and oxygen atoms in total. The molecule has 2 N–H and O–H groups in total. The van der Waals surface area contributed by atoms with Gasteiger partial charge < -0.3 is 10.6 Å². The first kappa shape index (κ1) is 18.4. The van der Waals surface area contributed by atoms with Crippen molar-refractivity contribution < 1.29 is 9.72 Å². The molecule has 3 rings (SSSR count). The number of fused-ring (bicyclic) bond motifs is 1. The maximum absolute atomic E-state index is 12.0. The van der Waals surface area contributed by atoms with Crippen LogP contribution in [0.1, 0.15) is 5.69 Å². The number of anilines is 1. The number of halogens is 1. The zero-order valence-corrected chi connectivity index (χ0v) is 14.9. The molecular formula is C18H16ClN5O3. The van der Waals surface area contributed by atoms with Crippen molar-refractivity contribution >= 4 is 40.6 Å². The maximum Gasteiger partial charge on any atom is 0.292 e. The Morgan fingerprint density at radius 2 is 2.00 bits per heavy atom. The predicted octanol–water partition coefficient (Wildman–Crippen LogP) is 3.14. The summed E-state index contributed by atoms with van der Waals surface area (Å²) >= 11 is 6.11. The topological polar surface area (TPSA) is 102 Å². The number of carbonyl (C=O) groups is 1.